The number of carbonyl (C=O) groups excluding carboxylic acids is 2. The van der Waals surface area contributed by atoms with Crippen molar-refractivity contribution >= 4 is 21.8 Å². The average molecular weight is 474 g/mol. The lowest BCUT2D eigenvalue weighted by Crippen LogP contribution is -2.49. The van der Waals surface area contributed by atoms with Gasteiger partial charge in [0, 0.05) is 33.1 Å². The lowest BCUT2D eigenvalue weighted by atomic mass is 10.1. The second-order valence-corrected chi connectivity index (χ2v) is 10.1. The van der Waals surface area contributed by atoms with Gasteiger partial charge >= 0.3 is 0 Å². The molecule has 0 saturated carbocycles. The van der Waals surface area contributed by atoms with E-state index >= 15 is 0 Å². The molecule has 0 aliphatic carbocycles. The average Bonchev–Trinajstić information content (AvgIpc) is 2.83. The number of hydrogen-bond acceptors (Lipinski definition) is 4. The number of nitrogens with one attached hydrogen (secondary N) is 1. The van der Waals surface area contributed by atoms with Crippen LogP contribution in [0.5, 0.6) is 0 Å². The van der Waals surface area contributed by atoms with Gasteiger partial charge in [0.2, 0.25) is 21.8 Å². The maximum atomic E-state index is 13.1. The summed E-state index contributed by atoms with van der Waals surface area (Å²) in [5, 5.41) is 2.86. The Morgan fingerprint density at radius 3 is 2.18 bits per heavy atom. The predicted molar refractivity (Wildman–Crippen MR) is 130 cm³/mol. The van der Waals surface area contributed by atoms with Crippen LogP contribution in [0.2, 0.25) is 0 Å². The summed E-state index contributed by atoms with van der Waals surface area (Å²) in [5.74, 6) is -0.336. The number of amides is 2. The maximum Gasteiger partial charge on any atom is 0.242 e. The van der Waals surface area contributed by atoms with Gasteiger partial charge in [-0.15, -0.1) is 0 Å². The molecule has 33 heavy (non-hydrogen) atoms. The van der Waals surface area contributed by atoms with E-state index in [0.29, 0.717) is 25.9 Å². The van der Waals surface area contributed by atoms with E-state index in [0.717, 1.165) is 12.0 Å². The van der Waals surface area contributed by atoms with E-state index in [1.165, 1.54) is 11.4 Å². The molecule has 0 aromatic heterocycles. The number of carbonyl (C=O) groups is 2. The van der Waals surface area contributed by atoms with Crippen molar-refractivity contribution < 1.29 is 18.0 Å². The first kappa shape index (κ1) is 26.5. The zero-order chi connectivity index (χ0) is 24.3. The fraction of sp³-hybridized carbons (Fsp3) is 0.440. The minimum Gasteiger partial charge on any atom is -0.354 e. The molecule has 0 saturated heterocycles. The first-order chi connectivity index (χ1) is 15.8. The Morgan fingerprint density at radius 2 is 1.58 bits per heavy atom. The Morgan fingerprint density at radius 1 is 0.970 bits per heavy atom. The first-order valence-corrected chi connectivity index (χ1v) is 12.8. The van der Waals surface area contributed by atoms with Crippen molar-refractivity contribution in [1.82, 2.24) is 14.5 Å². The molecule has 0 radical (unpaired) electrons. The highest BCUT2D eigenvalue weighted by molar-refractivity contribution is 7.89. The lowest BCUT2D eigenvalue weighted by molar-refractivity contribution is -0.140. The molecule has 0 spiro atoms. The molecule has 2 aromatic rings. The first-order valence-electron chi connectivity index (χ1n) is 11.4. The van der Waals surface area contributed by atoms with E-state index in [2.05, 4.69) is 5.32 Å². The Kier molecular flexibility index (Phi) is 10.5. The Balaban J connectivity index is 2.00. The molecule has 2 rings (SSSR count). The standard InChI is InChI=1S/C25H35N3O4S/c1-4-18-26-25(30)21(2)28(20-17-22-12-7-5-8-13-22)24(29)16-11-19-27(3)33(31,32)23-14-9-6-10-15-23/h5-10,12-15,21H,4,11,16-20H2,1-3H3,(H,26,30). The van der Waals surface area contributed by atoms with Gasteiger partial charge < -0.3 is 10.2 Å². The van der Waals surface area contributed by atoms with Gasteiger partial charge in [-0.25, -0.2) is 12.7 Å². The van der Waals surface area contributed by atoms with Gasteiger partial charge in [-0.1, -0.05) is 55.5 Å². The smallest absolute Gasteiger partial charge is 0.242 e. The highest BCUT2D eigenvalue weighted by Crippen LogP contribution is 2.15. The quantitative estimate of drug-likeness (QED) is 0.484. The van der Waals surface area contributed by atoms with Crippen LogP contribution in [0.15, 0.2) is 65.6 Å². The highest BCUT2D eigenvalue weighted by atomic mass is 32.2. The summed E-state index contributed by atoms with van der Waals surface area (Å²) in [5.41, 5.74) is 1.09. The lowest BCUT2D eigenvalue weighted by Gasteiger charge is -2.29. The molecule has 0 aliphatic heterocycles. The van der Waals surface area contributed by atoms with Crippen LogP contribution < -0.4 is 5.32 Å². The maximum absolute atomic E-state index is 13.1. The summed E-state index contributed by atoms with van der Waals surface area (Å²) in [7, 11) is -2.08. The van der Waals surface area contributed by atoms with Gasteiger partial charge in [0.1, 0.15) is 6.04 Å². The fourth-order valence-electron chi connectivity index (χ4n) is 3.46. The van der Waals surface area contributed by atoms with Gasteiger partial charge in [0.15, 0.2) is 0 Å². The number of rotatable bonds is 13. The highest BCUT2D eigenvalue weighted by Gasteiger charge is 2.26. The third-order valence-electron chi connectivity index (χ3n) is 5.52. The minimum atomic E-state index is -3.60. The number of sulfonamides is 1. The van der Waals surface area contributed by atoms with Crippen molar-refractivity contribution in [3.63, 3.8) is 0 Å². The number of nitrogens with zero attached hydrogens (tertiary/aromatic N) is 2. The molecule has 1 N–H and O–H groups in total. The topological polar surface area (TPSA) is 86.8 Å². The fourth-order valence-corrected chi connectivity index (χ4v) is 4.69. The number of hydrogen-bond donors (Lipinski definition) is 1. The van der Waals surface area contributed by atoms with Gasteiger partial charge in [-0.05, 0) is 43.9 Å². The molecule has 0 fully saturated rings. The second kappa shape index (κ2) is 13.1. The third-order valence-corrected chi connectivity index (χ3v) is 7.39. The molecule has 2 aromatic carbocycles. The zero-order valence-corrected chi connectivity index (χ0v) is 20.6. The van der Waals surface area contributed by atoms with E-state index in [9.17, 15) is 18.0 Å². The summed E-state index contributed by atoms with van der Waals surface area (Å²) in [6.07, 6.45) is 1.99. The molecule has 1 unspecified atom stereocenters. The molecule has 1 atom stereocenters. The molecular weight excluding hydrogens is 438 g/mol. The summed E-state index contributed by atoms with van der Waals surface area (Å²) >= 11 is 0. The normalized spacial score (nSPS) is 12.4. The van der Waals surface area contributed by atoms with Gasteiger partial charge in [-0.3, -0.25) is 9.59 Å². The summed E-state index contributed by atoms with van der Waals surface area (Å²) in [6.45, 7) is 4.91. The van der Waals surface area contributed by atoms with E-state index in [1.807, 2.05) is 37.3 Å². The van der Waals surface area contributed by atoms with Crippen molar-refractivity contribution in [2.45, 2.75) is 50.5 Å². The van der Waals surface area contributed by atoms with Crippen molar-refractivity contribution in [1.29, 1.82) is 0 Å². The third kappa shape index (κ3) is 7.98. The van der Waals surface area contributed by atoms with Gasteiger partial charge in [0.25, 0.3) is 0 Å². The van der Waals surface area contributed by atoms with Gasteiger partial charge in [0.05, 0.1) is 4.90 Å². The molecule has 2 amide bonds. The zero-order valence-electron chi connectivity index (χ0n) is 19.7. The predicted octanol–water partition coefficient (Wildman–Crippen LogP) is 3.07. The van der Waals surface area contributed by atoms with E-state index < -0.39 is 16.1 Å². The molecule has 0 bridgehead atoms. The molecule has 0 aliphatic rings. The summed E-state index contributed by atoms with van der Waals surface area (Å²) in [4.78, 5) is 27.4. The minimum absolute atomic E-state index is 0.157. The van der Waals surface area contributed by atoms with Crippen molar-refractivity contribution in [3.8, 4) is 0 Å². The van der Waals surface area contributed by atoms with Crippen LogP contribution in [0.3, 0.4) is 0 Å². The molecule has 180 valence electrons. The van der Waals surface area contributed by atoms with Crippen LogP contribution in [0, 0.1) is 0 Å². The number of benzene rings is 2. The van der Waals surface area contributed by atoms with E-state index in [1.54, 1.807) is 42.2 Å². The van der Waals surface area contributed by atoms with Crippen LogP contribution in [-0.2, 0) is 26.0 Å². The monoisotopic (exact) mass is 473 g/mol. The van der Waals surface area contributed by atoms with Crippen LogP contribution >= 0.6 is 0 Å². The van der Waals surface area contributed by atoms with Crippen LogP contribution in [0.1, 0.15) is 38.7 Å². The molecule has 0 heterocycles. The van der Waals surface area contributed by atoms with Crippen LogP contribution in [0.4, 0.5) is 0 Å². The van der Waals surface area contributed by atoms with E-state index in [4.69, 9.17) is 0 Å². The Bertz CT molecular complexity index is 981. The Hall–Kier alpha value is -2.71. The van der Waals surface area contributed by atoms with Crippen molar-refractivity contribution in [3.05, 3.63) is 66.2 Å². The van der Waals surface area contributed by atoms with Crippen molar-refractivity contribution in [2.75, 3.05) is 26.7 Å². The molecular formula is C25H35N3O4S. The SMILES string of the molecule is CCCNC(=O)C(C)N(CCc1ccccc1)C(=O)CCCN(C)S(=O)(=O)c1ccccc1. The molecule has 7 nitrogen and oxygen atoms in total. The van der Waals surface area contributed by atoms with Gasteiger partial charge in [-0.2, -0.15) is 0 Å². The summed E-state index contributed by atoms with van der Waals surface area (Å²) < 4.78 is 26.6. The van der Waals surface area contributed by atoms with E-state index in [-0.39, 0.29) is 29.7 Å². The van der Waals surface area contributed by atoms with Crippen LogP contribution in [-0.4, -0.2) is 62.2 Å². The largest absolute Gasteiger partial charge is 0.354 e. The van der Waals surface area contributed by atoms with Crippen molar-refractivity contribution in [2.24, 2.45) is 0 Å². The second-order valence-electron chi connectivity index (χ2n) is 8.03. The van der Waals surface area contributed by atoms with Crippen LogP contribution in [0.25, 0.3) is 0 Å². The molecule has 8 heteroatoms. The Labute approximate surface area is 197 Å². The summed E-state index contributed by atoms with van der Waals surface area (Å²) in [6, 6.07) is 17.5.